The summed E-state index contributed by atoms with van der Waals surface area (Å²) in [5.74, 6) is -0.696. The molecule has 1 amide bonds. The number of anilines is 1. The smallest absolute Gasteiger partial charge is 0.271 e. The van der Waals surface area contributed by atoms with Gasteiger partial charge in [-0.2, -0.15) is 0 Å². The fourth-order valence-electron chi connectivity index (χ4n) is 2.65. The molecule has 5 N–H and O–H groups in total. The van der Waals surface area contributed by atoms with Gasteiger partial charge in [-0.3, -0.25) is 4.79 Å². The molecule has 0 unspecified atom stereocenters. The number of hydrogen-bond donors (Lipinski definition) is 3. The van der Waals surface area contributed by atoms with Crippen molar-refractivity contribution < 1.29 is 9.18 Å². The summed E-state index contributed by atoms with van der Waals surface area (Å²) in [6.07, 6.45) is 4.22. The van der Waals surface area contributed by atoms with Gasteiger partial charge in [0.05, 0.1) is 16.9 Å². The maximum absolute atomic E-state index is 13.3. The van der Waals surface area contributed by atoms with Gasteiger partial charge in [-0.15, -0.1) is 0 Å². The highest BCUT2D eigenvalue weighted by atomic mass is 19.1. The molecule has 0 aliphatic heterocycles. The van der Waals surface area contributed by atoms with Gasteiger partial charge in [0.15, 0.2) is 0 Å². The second-order valence-electron chi connectivity index (χ2n) is 6.02. The maximum Gasteiger partial charge on any atom is 0.271 e. The fraction of sp³-hybridized carbons (Fsp3) is 0.0476. The lowest BCUT2D eigenvalue weighted by atomic mass is 10.1. The first-order valence-electron chi connectivity index (χ1n) is 8.30. The van der Waals surface area contributed by atoms with Crippen LogP contribution in [-0.4, -0.2) is 10.9 Å². The molecule has 1 heterocycles. The number of hydrogen-bond acceptors (Lipinski definition) is 4. The van der Waals surface area contributed by atoms with Crippen LogP contribution in [0, 0.1) is 12.7 Å². The number of halogens is 1. The van der Waals surface area contributed by atoms with Gasteiger partial charge in [-0.25, -0.2) is 9.37 Å². The van der Waals surface area contributed by atoms with Crippen LogP contribution >= 0.6 is 0 Å². The van der Waals surface area contributed by atoms with E-state index in [2.05, 4.69) is 10.3 Å². The van der Waals surface area contributed by atoms with E-state index in [0.717, 1.165) is 27.7 Å². The summed E-state index contributed by atoms with van der Waals surface area (Å²) in [4.78, 5) is 16.7. The van der Waals surface area contributed by atoms with Crippen molar-refractivity contribution in [3.05, 3.63) is 84.0 Å². The predicted molar refractivity (Wildman–Crippen MR) is 106 cm³/mol. The van der Waals surface area contributed by atoms with Crippen LogP contribution < -0.4 is 16.8 Å². The third kappa shape index (κ3) is 4.12. The monoisotopic (exact) mass is 362 g/mol. The number of amides is 1. The van der Waals surface area contributed by atoms with Crippen molar-refractivity contribution in [2.24, 2.45) is 11.5 Å². The average molecular weight is 362 g/mol. The summed E-state index contributed by atoms with van der Waals surface area (Å²) in [5, 5.41) is 3.51. The zero-order chi connectivity index (χ0) is 19.4. The number of nitrogens with zero attached hydrogens (tertiary/aromatic N) is 1. The minimum atomic E-state index is -0.408. The summed E-state index contributed by atoms with van der Waals surface area (Å²) in [5.41, 5.74) is 14.9. The predicted octanol–water partition coefficient (Wildman–Crippen LogP) is 3.60. The van der Waals surface area contributed by atoms with E-state index in [1.54, 1.807) is 12.1 Å². The Kier molecular flexibility index (Phi) is 5.17. The number of nitrogens with one attached hydrogen (secondary N) is 1. The largest absolute Gasteiger partial charge is 0.405 e. The van der Waals surface area contributed by atoms with Gasteiger partial charge in [-0.05, 0) is 67.2 Å². The number of benzene rings is 2. The molecule has 1 aromatic heterocycles. The Morgan fingerprint density at radius 1 is 1.15 bits per heavy atom. The van der Waals surface area contributed by atoms with Crippen LogP contribution in [0.15, 0.2) is 72.6 Å². The van der Waals surface area contributed by atoms with E-state index in [-0.39, 0.29) is 11.5 Å². The Morgan fingerprint density at radius 3 is 2.70 bits per heavy atom. The van der Waals surface area contributed by atoms with E-state index in [0.29, 0.717) is 5.69 Å². The molecule has 0 saturated carbocycles. The number of carbonyl (C=O) groups excluding carboxylic acids is 1. The first kappa shape index (κ1) is 18.1. The van der Waals surface area contributed by atoms with Gasteiger partial charge in [0.2, 0.25) is 0 Å². The zero-order valence-corrected chi connectivity index (χ0v) is 14.7. The van der Waals surface area contributed by atoms with E-state index >= 15 is 0 Å². The van der Waals surface area contributed by atoms with Crippen molar-refractivity contribution in [1.82, 2.24) is 4.98 Å². The number of aromatic nitrogens is 1. The van der Waals surface area contributed by atoms with Crippen molar-refractivity contribution in [2.75, 3.05) is 5.32 Å². The van der Waals surface area contributed by atoms with Crippen LogP contribution in [0.1, 0.15) is 5.56 Å². The maximum atomic E-state index is 13.3. The summed E-state index contributed by atoms with van der Waals surface area (Å²) in [6.45, 7) is 1.88. The van der Waals surface area contributed by atoms with Crippen molar-refractivity contribution in [3.8, 4) is 11.3 Å². The normalized spacial score (nSPS) is 11.9. The molecule has 0 atom stereocenters. The van der Waals surface area contributed by atoms with Gasteiger partial charge in [0.1, 0.15) is 5.82 Å². The van der Waals surface area contributed by atoms with Gasteiger partial charge in [0.25, 0.3) is 5.91 Å². The molecule has 0 radical (unpaired) electrons. The van der Waals surface area contributed by atoms with Crippen LogP contribution in [0.3, 0.4) is 0 Å². The lowest BCUT2D eigenvalue weighted by Gasteiger charge is -2.11. The molecule has 6 heteroatoms. The molecule has 0 aliphatic carbocycles. The second kappa shape index (κ2) is 7.70. The molecular formula is C21H19FN4O. The third-order valence-corrected chi connectivity index (χ3v) is 4.07. The van der Waals surface area contributed by atoms with Gasteiger partial charge >= 0.3 is 0 Å². The Labute approximate surface area is 156 Å². The molecule has 136 valence electrons. The van der Waals surface area contributed by atoms with Crippen LogP contribution in [0.5, 0.6) is 0 Å². The van der Waals surface area contributed by atoms with Crippen LogP contribution in [0.2, 0.25) is 0 Å². The van der Waals surface area contributed by atoms with Gasteiger partial charge in [0, 0.05) is 16.6 Å². The molecule has 0 saturated heterocycles. The number of carbonyl (C=O) groups is 1. The number of nitrogens with two attached hydrogens (primary N) is 2. The lowest BCUT2D eigenvalue weighted by molar-refractivity contribution is -0.112. The van der Waals surface area contributed by atoms with Crippen molar-refractivity contribution in [3.63, 3.8) is 0 Å². The fourth-order valence-corrected chi connectivity index (χ4v) is 2.65. The molecule has 27 heavy (non-hydrogen) atoms. The molecule has 3 rings (SSSR count). The Hall–Kier alpha value is -3.67. The van der Waals surface area contributed by atoms with Crippen LogP contribution in [0.25, 0.3) is 22.2 Å². The number of fused-ring (bicyclic) bond motifs is 1. The van der Waals surface area contributed by atoms with Gasteiger partial charge in [-0.1, -0.05) is 12.1 Å². The first-order valence-corrected chi connectivity index (χ1v) is 8.30. The van der Waals surface area contributed by atoms with Crippen molar-refractivity contribution in [1.29, 1.82) is 0 Å². The topological polar surface area (TPSA) is 94.0 Å². The highest BCUT2D eigenvalue weighted by Gasteiger charge is 2.09. The molecule has 2 aromatic carbocycles. The van der Waals surface area contributed by atoms with Crippen molar-refractivity contribution >= 4 is 22.5 Å². The lowest BCUT2D eigenvalue weighted by Crippen LogP contribution is -2.20. The van der Waals surface area contributed by atoms with E-state index in [9.17, 15) is 9.18 Å². The highest BCUT2D eigenvalue weighted by Crippen LogP contribution is 2.26. The quantitative estimate of drug-likeness (QED) is 0.488. The number of rotatable bonds is 4. The Balaban J connectivity index is 1.86. The molecule has 0 fully saturated rings. The third-order valence-electron chi connectivity index (χ3n) is 4.07. The summed E-state index contributed by atoms with van der Waals surface area (Å²) < 4.78 is 13.3. The molecule has 3 aromatic rings. The molecule has 0 spiro atoms. The first-order chi connectivity index (χ1) is 13.0. The van der Waals surface area contributed by atoms with E-state index in [1.807, 2.05) is 31.2 Å². The van der Waals surface area contributed by atoms with Crippen molar-refractivity contribution in [2.45, 2.75) is 6.92 Å². The number of allylic oxidation sites excluding steroid dienone is 2. The molecular weight excluding hydrogens is 343 g/mol. The van der Waals surface area contributed by atoms with E-state index in [4.69, 9.17) is 11.5 Å². The minimum Gasteiger partial charge on any atom is -0.405 e. The molecule has 5 nitrogen and oxygen atoms in total. The zero-order valence-electron chi connectivity index (χ0n) is 14.7. The average Bonchev–Trinajstić information content (AvgIpc) is 2.67. The number of aryl methyl sites for hydroxylation is 1. The van der Waals surface area contributed by atoms with Crippen LogP contribution in [-0.2, 0) is 4.79 Å². The van der Waals surface area contributed by atoms with E-state index in [1.165, 1.54) is 30.5 Å². The Bertz CT molecular complexity index is 1070. The van der Waals surface area contributed by atoms with Crippen LogP contribution in [0.4, 0.5) is 10.1 Å². The highest BCUT2D eigenvalue weighted by molar-refractivity contribution is 6.03. The minimum absolute atomic E-state index is 0.0589. The molecule has 0 bridgehead atoms. The summed E-state index contributed by atoms with van der Waals surface area (Å²) >= 11 is 0. The van der Waals surface area contributed by atoms with E-state index < -0.39 is 5.91 Å². The summed E-state index contributed by atoms with van der Waals surface area (Å²) in [7, 11) is 0. The molecule has 0 aliphatic rings. The van der Waals surface area contributed by atoms with Gasteiger partial charge < -0.3 is 16.8 Å². The Morgan fingerprint density at radius 2 is 1.96 bits per heavy atom. The standard InChI is InChI=1S/C21H19FN4O/c1-13-11-14(4-7-18(13)26-21(27)17(24)3-2-10-23)19-8-5-15-12-16(22)6-9-20(15)25-19/h2-12H,23-24H2,1H3,(H,26,27)/b10-2-,17-3-. The summed E-state index contributed by atoms with van der Waals surface area (Å²) in [6, 6.07) is 13.8. The second-order valence-corrected chi connectivity index (χ2v) is 6.02. The SMILES string of the molecule is Cc1cc(-c2ccc3cc(F)ccc3n2)ccc1NC(=O)/C(N)=C/C=C\N. The number of pyridine rings is 1.